The van der Waals surface area contributed by atoms with E-state index in [1.165, 1.54) is 22.3 Å². The maximum absolute atomic E-state index is 4.84. The van der Waals surface area contributed by atoms with Gasteiger partial charge in [0.1, 0.15) is 0 Å². The molecule has 0 unspecified atom stereocenters. The van der Waals surface area contributed by atoms with E-state index in [9.17, 15) is 0 Å². The zero-order valence-electron chi connectivity index (χ0n) is 19.0. The van der Waals surface area contributed by atoms with Crippen LogP contribution in [0.1, 0.15) is 42.1 Å². The Bertz CT molecular complexity index is 1270. The molecule has 7 heteroatoms. The average molecular weight is 428 g/mol. The maximum atomic E-state index is 4.84. The summed E-state index contributed by atoms with van der Waals surface area (Å²) in [5.41, 5.74) is 7.98. The van der Waals surface area contributed by atoms with Gasteiger partial charge in [-0.05, 0) is 75.0 Å². The highest BCUT2D eigenvalue weighted by Crippen LogP contribution is 2.30. The zero-order chi connectivity index (χ0) is 22.2. The monoisotopic (exact) mass is 427 g/mol. The van der Waals surface area contributed by atoms with E-state index in [4.69, 9.17) is 10.1 Å². The van der Waals surface area contributed by atoms with E-state index in [1.54, 1.807) is 0 Å². The van der Waals surface area contributed by atoms with Gasteiger partial charge >= 0.3 is 0 Å². The molecule has 4 aromatic rings. The Balaban J connectivity index is 1.50. The molecule has 164 valence electrons. The molecule has 3 heterocycles. The first-order valence-corrected chi connectivity index (χ1v) is 11.2. The number of fused-ring (bicyclic) bond motifs is 2. The molecular weight excluding hydrogens is 398 g/mol. The molecule has 7 nitrogen and oxygen atoms in total. The molecule has 3 N–H and O–H groups in total. The van der Waals surface area contributed by atoms with Crippen LogP contribution in [0.2, 0.25) is 0 Å². The average Bonchev–Trinajstić information content (AvgIpc) is 3.14. The zero-order valence-corrected chi connectivity index (χ0v) is 19.0. The number of para-hydroxylation sites is 1. The molecule has 0 bridgehead atoms. The standard InChI is InChI=1S/C25H29N7/c1-15(2)32-24-21(23(31-32)29-22-16(3)6-5-7-17(22)4)14-27-25(30-24)28-20-9-8-18-10-11-26-13-19(18)12-20/h5-9,12,14-15,26H,10-11,13H2,1-4H3,(H,29,31)(H,27,28,30). The fraction of sp³-hybridized carbons (Fsp3) is 0.320. The molecule has 0 saturated heterocycles. The van der Waals surface area contributed by atoms with Crippen LogP contribution >= 0.6 is 0 Å². The molecule has 0 amide bonds. The number of benzene rings is 2. The van der Waals surface area contributed by atoms with Crippen molar-refractivity contribution in [3.05, 3.63) is 64.8 Å². The first kappa shape index (κ1) is 20.5. The van der Waals surface area contributed by atoms with Gasteiger partial charge in [-0.25, -0.2) is 9.67 Å². The predicted octanol–water partition coefficient (Wildman–Crippen LogP) is 5.16. The lowest BCUT2D eigenvalue weighted by atomic mass is 10.0. The normalized spacial score (nSPS) is 13.4. The molecule has 0 radical (unpaired) electrons. The van der Waals surface area contributed by atoms with Gasteiger partial charge in [0.15, 0.2) is 11.5 Å². The number of rotatable bonds is 5. The van der Waals surface area contributed by atoms with Gasteiger partial charge in [0, 0.05) is 30.2 Å². The van der Waals surface area contributed by atoms with Gasteiger partial charge in [0.05, 0.1) is 5.39 Å². The van der Waals surface area contributed by atoms with Crippen molar-refractivity contribution in [2.75, 3.05) is 17.2 Å². The quantitative estimate of drug-likeness (QED) is 0.408. The molecule has 32 heavy (non-hydrogen) atoms. The summed E-state index contributed by atoms with van der Waals surface area (Å²) in [6.07, 6.45) is 2.92. The van der Waals surface area contributed by atoms with Crippen molar-refractivity contribution in [3.63, 3.8) is 0 Å². The summed E-state index contributed by atoms with van der Waals surface area (Å²) in [4.78, 5) is 9.44. The summed E-state index contributed by atoms with van der Waals surface area (Å²) in [6.45, 7) is 10.4. The second-order valence-electron chi connectivity index (χ2n) is 8.74. The van der Waals surface area contributed by atoms with Crippen molar-refractivity contribution in [1.29, 1.82) is 0 Å². The molecule has 2 aromatic heterocycles. The number of aryl methyl sites for hydroxylation is 2. The van der Waals surface area contributed by atoms with Gasteiger partial charge in [-0.3, -0.25) is 0 Å². The van der Waals surface area contributed by atoms with Crippen LogP contribution < -0.4 is 16.0 Å². The molecule has 0 fully saturated rings. The minimum atomic E-state index is 0.170. The molecule has 5 rings (SSSR count). The van der Waals surface area contributed by atoms with Crippen LogP contribution in [0.3, 0.4) is 0 Å². The third-order valence-electron chi connectivity index (χ3n) is 6.01. The Morgan fingerprint density at radius 2 is 1.84 bits per heavy atom. The Morgan fingerprint density at radius 1 is 1.03 bits per heavy atom. The van der Waals surface area contributed by atoms with Crippen LogP contribution in [0.25, 0.3) is 11.0 Å². The highest BCUT2D eigenvalue weighted by Gasteiger charge is 2.17. The van der Waals surface area contributed by atoms with E-state index < -0.39 is 0 Å². The van der Waals surface area contributed by atoms with E-state index in [-0.39, 0.29) is 6.04 Å². The fourth-order valence-corrected chi connectivity index (χ4v) is 4.25. The van der Waals surface area contributed by atoms with Gasteiger partial charge in [-0.2, -0.15) is 10.1 Å². The molecule has 0 saturated carbocycles. The lowest BCUT2D eigenvalue weighted by molar-refractivity contribution is 0.548. The van der Waals surface area contributed by atoms with Crippen LogP contribution in [-0.2, 0) is 13.0 Å². The molecule has 0 atom stereocenters. The van der Waals surface area contributed by atoms with E-state index in [2.05, 4.69) is 85.0 Å². The topological polar surface area (TPSA) is 79.7 Å². The van der Waals surface area contributed by atoms with Crippen molar-refractivity contribution < 1.29 is 0 Å². The van der Waals surface area contributed by atoms with E-state index >= 15 is 0 Å². The van der Waals surface area contributed by atoms with E-state index in [0.717, 1.165) is 47.7 Å². The third kappa shape index (κ3) is 3.80. The third-order valence-corrected chi connectivity index (χ3v) is 6.01. The van der Waals surface area contributed by atoms with Gasteiger partial charge in [-0.1, -0.05) is 24.3 Å². The van der Waals surface area contributed by atoms with Gasteiger partial charge in [-0.15, -0.1) is 0 Å². The number of anilines is 4. The lowest BCUT2D eigenvalue weighted by Gasteiger charge is -2.18. The van der Waals surface area contributed by atoms with Crippen LogP contribution in [0, 0.1) is 13.8 Å². The van der Waals surface area contributed by atoms with Crippen molar-refractivity contribution in [1.82, 2.24) is 25.1 Å². The summed E-state index contributed by atoms with van der Waals surface area (Å²) in [7, 11) is 0. The minimum absolute atomic E-state index is 0.170. The van der Waals surface area contributed by atoms with Crippen LogP contribution in [0.15, 0.2) is 42.6 Å². The molecule has 1 aliphatic rings. The Kier molecular flexibility index (Phi) is 5.27. The highest BCUT2D eigenvalue weighted by molar-refractivity contribution is 5.90. The van der Waals surface area contributed by atoms with Gasteiger partial charge < -0.3 is 16.0 Å². The second-order valence-corrected chi connectivity index (χ2v) is 8.74. The fourth-order valence-electron chi connectivity index (χ4n) is 4.25. The maximum Gasteiger partial charge on any atom is 0.229 e. The number of aromatic nitrogens is 4. The van der Waals surface area contributed by atoms with Crippen molar-refractivity contribution in [2.24, 2.45) is 0 Å². The number of nitrogens with one attached hydrogen (secondary N) is 3. The summed E-state index contributed by atoms with van der Waals surface area (Å²) < 4.78 is 1.95. The number of nitrogens with zero attached hydrogens (tertiary/aromatic N) is 4. The molecule has 2 aromatic carbocycles. The minimum Gasteiger partial charge on any atom is -0.338 e. The number of hydrogen-bond acceptors (Lipinski definition) is 6. The van der Waals surface area contributed by atoms with E-state index in [1.807, 2.05) is 10.9 Å². The molecular formula is C25H29N7. The van der Waals surface area contributed by atoms with Crippen molar-refractivity contribution >= 4 is 34.2 Å². The summed E-state index contributed by atoms with van der Waals surface area (Å²) in [5, 5.41) is 16.1. The van der Waals surface area contributed by atoms with Crippen LogP contribution in [0.5, 0.6) is 0 Å². The molecule has 1 aliphatic heterocycles. The molecule has 0 spiro atoms. The highest BCUT2D eigenvalue weighted by atomic mass is 15.4. The van der Waals surface area contributed by atoms with E-state index in [0.29, 0.717) is 5.95 Å². The summed E-state index contributed by atoms with van der Waals surface area (Å²) in [6, 6.07) is 12.9. The smallest absolute Gasteiger partial charge is 0.229 e. The SMILES string of the molecule is Cc1cccc(C)c1Nc1nn(C(C)C)c2nc(Nc3ccc4c(c3)CNCC4)ncc12. The molecule has 0 aliphatic carbocycles. The Morgan fingerprint density at radius 3 is 2.62 bits per heavy atom. The van der Waals surface area contributed by atoms with Gasteiger partial charge in [0.2, 0.25) is 5.95 Å². The Hall–Kier alpha value is -3.45. The predicted molar refractivity (Wildman–Crippen MR) is 130 cm³/mol. The number of hydrogen-bond donors (Lipinski definition) is 3. The van der Waals surface area contributed by atoms with Crippen molar-refractivity contribution in [2.45, 2.75) is 46.7 Å². The largest absolute Gasteiger partial charge is 0.338 e. The first-order valence-electron chi connectivity index (χ1n) is 11.2. The Labute approximate surface area is 188 Å². The van der Waals surface area contributed by atoms with Crippen LogP contribution in [-0.4, -0.2) is 26.3 Å². The van der Waals surface area contributed by atoms with Gasteiger partial charge in [0.25, 0.3) is 0 Å². The van der Waals surface area contributed by atoms with Crippen LogP contribution in [0.4, 0.5) is 23.1 Å². The van der Waals surface area contributed by atoms with Crippen molar-refractivity contribution in [3.8, 4) is 0 Å². The lowest BCUT2D eigenvalue weighted by Crippen LogP contribution is -2.23. The summed E-state index contributed by atoms with van der Waals surface area (Å²) >= 11 is 0. The summed E-state index contributed by atoms with van der Waals surface area (Å²) in [5.74, 6) is 1.35. The second kappa shape index (κ2) is 8.24. The first-order chi connectivity index (χ1) is 15.5.